The number of ether oxygens (including phenoxy) is 1. The molecule has 0 saturated carbocycles. The second-order valence-corrected chi connectivity index (χ2v) is 8.09. The lowest BCUT2D eigenvalue weighted by molar-refractivity contribution is 0.0823. The zero-order valence-electron chi connectivity index (χ0n) is 15.4. The molecule has 0 saturated heterocycles. The summed E-state index contributed by atoms with van der Waals surface area (Å²) >= 11 is 1.69. The second kappa shape index (κ2) is 8.12. The third-order valence-corrected chi connectivity index (χ3v) is 5.13. The van der Waals surface area contributed by atoms with Crippen LogP contribution in [0.1, 0.15) is 24.3 Å². The largest absolute Gasteiger partial charge is 0.490 e. The summed E-state index contributed by atoms with van der Waals surface area (Å²) in [5, 5.41) is 14.3. The van der Waals surface area contributed by atoms with E-state index in [1.54, 1.807) is 31.9 Å². The summed E-state index contributed by atoms with van der Waals surface area (Å²) in [5.41, 5.74) is 1.35. The van der Waals surface area contributed by atoms with Crippen LogP contribution in [0.3, 0.4) is 0 Å². The highest BCUT2D eigenvalue weighted by Crippen LogP contribution is 2.27. The number of H-pyrrole nitrogens is 1. The molecular weight excluding hydrogens is 338 g/mol. The summed E-state index contributed by atoms with van der Waals surface area (Å²) in [7, 11) is 3.43. The van der Waals surface area contributed by atoms with E-state index >= 15 is 0 Å². The van der Waals surface area contributed by atoms with E-state index in [1.165, 1.54) is 4.90 Å². The Morgan fingerprint density at radius 1 is 1.44 bits per heavy atom. The topological polar surface area (TPSA) is 77.6 Å². The molecule has 0 aliphatic carbocycles. The fourth-order valence-electron chi connectivity index (χ4n) is 2.29. The van der Waals surface area contributed by atoms with Crippen molar-refractivity contribution in [3.8, 4) is 5.75 Å². The molecule has 25 heavy (non-hydrogen) atoms. The van der Waals surface area contributed by atoms with Crippen molar-refractivity contribution in [1.29, 1.82) is 0 Å². The predicted molar refractivity (Wildman–Crippen MR) is 103 cm³/mol. The van der Waals surface area contributed by atoms with Gasteiger partial charge in [0.05, 0.1) is 4.87 Å². The summed E-state index contributed by atoms with van der Waals surface area (Å²) in [6, 6.07) is 7.38. The molecule has 0 fully saturated rings. The number of aromatic nitrogens is 1. The maximum Gasteiger partial charge on any atom is 0.269 e. The van der Waals surface area contributed by atoms with Crippen LogP contribution >= 0.6 is 11.8 Å². The molecular formula is C18H27N3O3S. The average Bonchev–Trinajstić information content (AvgIpc) is 3.02. The highest BCUT2D eigenvalue weighted by Gasteiger charge is 2.18. The highest BCUT2D eigenvalue weighted by atomic mass is 32.2. The summed E-state index contributed by atoms with van der Waals surface area (Å²) < 4.78 is 5.79. The number of carbonyl (C=O) groups is 1. The first kappa shape index (κ1) is 19.6. The number of benzene rings is 1. The van der Waals surface area contributed by atoms with Crippen molar-refractivity contribution in [3.05, 3.63) is 30.0 Å². The maximum absolute atomic E-state index is 12.1. The molecule has 0 aliphatic rings. The number of aliphatic hydroxyl groups excluding tert-OH is 1. The van der Waals surface area contributed by atoms with E-state index in [1.807, 2.05) is 24.5 Å². The first-order valence-corrected chi connectivity index (χ1v) is 9.40. The van der Waals surface area contributed by atoms with Crippen LogP contribution in [0.4, 0.5) is 0 Å². The van der Waals surface area contributed by atoms with Gasteiger partial charge < -0.3 is 25.0 Å². The molecule has 0 radical (unpaired) electrons. The zero-order valence-corrected chi connectivity index (χ0v) is 16.2. The number of hydrogen-bond acceptors (Lipinski definition) is 5. The molecule has 1 unspecified atom stereocenters. The lowest BCUT2D eigenvalue weighted by Gasteiger charge is -2.25. The summed E-state index contributed by atoms with van der Waals surface area (Å²) in [6.07, 6.45) is 1.40. The lowest BCUT2D eigenvalue weighted by Crippen LogP contribution is -2.42. The number of fused-ring (bicyclic) bond motifs is 1. The second-order valence-electron chi connectivity index (χ2n) is 6.66. The molecule has 138 valence electrons. The molecule has 1 atom stereocenters. The Labute approximate surface area is 152 Å². The number of rotatable bonds is 8. The number of carbonyl (C=O) groups excluding carboxylic acids is 1. The van der Waals surface area contributed by atoms with Gasteiger partial charge in [0.15, 0.2) is 0 Å². The van der Waals surface area contributed by atoms with Gasteiger partial charge in [0, 0.05) is 31.5 Å². The van der Waals surface area contributed by atoms with E-state index in [4.69, 9.17) is 4.74 Å². The Hall–Kier alpha value is -1.70. The van der Waals surface area contributed by atoms with Crippen LogP contribution in [-0.2, 0) is 0 Å². The van der Waals surface area contributed by atoms with Crippen LogP contribution in [0.2, 0.25) is 0 Å². The summed E-state index contributed by atoms with van der Waals surface area (Å²) in [5.74, 6) is 0.556. The monoisotopic (exact) mass is 365 g/mol. The van der Waals surface area contributed by atoms with Crippen molar-refractivity contribution in [3.63, 3.8) is 0 Å². The fourth-order valence-corrected chi connectivity index (χ4v) is 2.52. The van der Waals surface area contributed by atoms with Gasteiger partial charge >= 0.3 is 0 Å². The Kier molecular flexibility index (Phi) is 6.37. The van der Waals surface area contributed by atoms with Crippen molar-refractivity contribution in [1.82, 2.24) is 15.2 Å². The minimum absolute atomic E-state index is 0.0920. The van der Waals surface area contributed by atoms with Gasteiger partial charge in [-0.3, -0.25) is 4.79 Å². The van der Waals surface area contributed by atoms with Gasteiger partial charge in [-0.25, -0.2) is 0 Å². The minimum Gasteiger partial charge on any atom is -0.490 e. The molecule has 7 heteroatoms. The van der Waals surface area contributed by atoms with Gasteiger partial charge in [0.1, 0.15) is 24.2 Å². The molecule has 1 aromatic heterocycles. The van der Waals surface area contributed by atoms with Gasteiger partial charge in [-0.05, 0) is 38.3 Å². The minimum atomic E-state index is -0.622. The van der Waals surface area contributed by atoms with Gasteiger partial charge in [-0.1, -0.05) is 6.07 Å². The molecule has 6 nitrogen and oxygen atoms in total. The third-order valence-electron chi connectivity index (χ3n) is 3.97. The van der Waals surface area contributed by atoms with Gasteiger partial charge in [-0.2, -0.15) is 0 Å². The van der Waals surface area contributed by atoms with Crippen LogP contribution in [0.5, 0.6) is 5.75 Å². The number of nitrogens with zero attached hydrogens (tertiary/aromatic N) is 1. The van der Waals surface area contributed by atoms with Crippen LogP contribution < -0.4 is 10.1 Å². The molecule has 1 aromatic carbocycles. The number of nitrogens with one attached hydrogen (secondary N) is 2. The molecule has 2 rings (SSSR count). The Morgan fingerprint density at radius 2 is 2.16 bits per heavy atom. The van der Waals surface area contributed by atoms with Crippen LogP contribution in [0.15, 0.2) is 24.3 Å². The van der Waals surface area contributed by atoms with Crippen LogP contribution in [0.25, 0.3) is 10.9 Å². The van der Waals surface area contributed by atoms with Crippen molar-refractivity contribution >= 4 is 28.6 Å². The summed E-state index contributed by atoms with van der Waals surface area (Å²) in [6.45, 7) is 4.75. The lowest BCUT2D eigenvalue weighted by atomic mass is 10.2. The van der Waals surface area contributed by atoms with E-state index in [0.29, 0.717) is 18.0 Å². The SMILES string of the molecule is CSC(C)(C)NCC(O)COc1cccc2[nH]c(C(=O)N(C)C)cc12. The van der Waals surface area contributed by atoms with Crippen molar-refractivity contribution in [2.45, 2.75) is 24.8 Å². The normalized spacial score (nSPS) is 13.0. The number of amides is 1. The molecule has 2 aromatic rings. The first-order chi connectivity index (χ1) is 11.7. The number of thioether (sulfide) groups is 1. The number of aliphatic hydroxyl groups is 1. The van der Waals surface area contributed by atoms with Crippen molar-refractivity contribution < 1.29 is 14.6 Å². The Morgan fingerprint density at radius 3 is 2.80 bits per heavy atom. The van der Waals surface area contributed by atoms with Gasteiger partial charge in [0.2, 0.25) is 0 Å². The third kappa shape index (κ3) is 5.14. The molecule has 3 N–H and O–H groups in total. The number of aromatic amines is 1. The van der Waals surface area contributed by atoms with E-state index in [0.717, 1.165) is 10.9 Å². The first-order valence-electron chi connectivity index (χ1n) is 8.18. The highest BCUT2D eigenvalue weighted by molar-refractivity contribution is 7.99. The summed E-state index contributed by atoms with van der Waals surface area (Å²) in [4.78, 5) is 16.6. The Bertz CT molecular complexity index is 727. The predicted octanol–water partition coefficient (Wildman–Crippen LogP) is 2.30. The van der Waals surface area contributed by atoms with E-state index in [9.17, 15) is 9.90 Å². The quantitative estimate of drug-likeness (QED) is 0.626. The van der Waals surface area contributed by atoms with Crippen LogP contribution in [0, 0.1) is 0 Å². The fraction of sp³-hybridized carbons (Fsp3) is 0.500. The van der Waals surface area contributed by atoms with E-state index in [2.05, 4.69) is 24.1 Å². The van der Waals surface area contributed by atoms with Gasteiger partial charge in [0.25, 0.3) is 5.91 Å². The standard InChI is InChI=1S/C18H27N3O3S/c1-18(2,25-5)19-10-12(22)11-24-16-8-6-7-14-13(16)9-15(20-14)17(23)21(3)4/h6-9,12,19-20,22H,10-11H2,1-5H3. The van der Waals surface area contributed by atoms with Crippen molar-refractivity contribution in [2.75, 3.05) is 33.5 Å². The smallest absolute Gasteiger partial charge is 0.269 e. The average molecular weight is 365 g/mol. The van der Waals surface area contributed by atoms with Crippen molar-refractivity contribution in [2.24, 2.45) is 0 Å². The van der Waals surface area contributed by atoms with E-state index in [-0.39, 0.29) is 17.4 Å². The number of hydrogen-bond donors (Lipinski definition) is 3. The molecule has 0 aliphatic heterocycles. The van der Waals surface area contributed by atoms with Gasteiger partial charge in [-0.15, -0.1) is 11.8 Å². The molecule has 1 amide bonds. The molecule has 0 spiro atoms. The van der Waals surface area contributed by atoms with Crippen LogP contribution in [-0.4, -0.2) is 65.4 Å². The molecule has 1 heterocycles. The van der Waals surface area contributed by atoms with E-state index < -0.39 is 6.10 Å². The zero-order chi connectivity index (χ0) is 18.6. The maximum atomic E-state index is 12.1. The Balaban J connectivity index is 2.05. The molecule has 0 bridgehead atoms.